The average molecular weight is 266 g/mol. The molecule has 1 N–H and O–H groups in total. The van der Waals surface area contributed by atoms with Gasteiger partial charge < -0.3 is 4.74 Å². The van der Waals surface area contributed by atoms with Gasteiger partial charge >= 0.3 is 0 Å². The second kappa shape index (κ2) is 5.06. The van der Waals surface area contributed by atoms with Crippen LogP contribution in [0.2, 0.25) is 0 Å². The minimum Gasteiger partial charge on any atom is -0.381 e. The van der Waals surface area contributed by atoms with Crippen molar-refractivity contribution in [2.75, 3.05) is 7.11 Å². The number of rotatable bonds is 4. The monoisotopic (exact) mass is 266 g/mol. The van der Waals surface area contributed by atoms with Crippen LogP contribution in [0.15, 0.2) is 29.2 Å². The molecule has 0 heterocycles. The van der Waals surface area contributed by atoms with Crippen molar-refractivity contribution in [3.05, 3.63) is 29.8 Å². The molecule has 0 amide bonds. The maximum atomic E-state index is 12.1. The number of nitrogens with zero attached hydrogens (tertiary/aromatic N) is 1. The van der Waals surface area contributed by atoms with Crippen LogP contribution in [-0.2, 0) is 14.8 Å². The van der Waals surface area contributed by atoms with Crippen molar-refractivity contribution < 1.29 is 13.2 Å². The van der Waals surface area contributed by atoms with Crippen molar-refractivity contribution in [1.82, 2.24) is 4.72 Å². The second-order valence-electron chi connectivity index (χ2n) is 4.26. The predicted molar refractivity (Wildman–Crippen MR) is 65.3 cm³/mol. The van der Waals surface area contributed by atoms with Gasteiger partial charge in [-0.3, -0.25) is 0 Å². The smallest absolute Gasteiger partial charge is 0.242 e. The molecular weight excluding hydrogens is 252 g/mol. The number of ether oxygens (including phenoxy) is 1. The quantitative estimate of drug-likeness (QED) is 0.882. The Morgan fingerprint density at radius 2 is 2.06 bits per heavy atom. The van der Waals surface area contributed by atoms with Gasteiger partial charge in [-0.2, -0.15) is 5.26 Å². The molecule has 18 heavy (non-hydrogen) atoms. The summed E-state index contributed by atoms with van der Waals surface area (Å²) < 4.78 is 31.9. The molecule has 1 aromatic carbocycles. The molecule has 1 aliphatic carbocycles. The van der Waals surface area contributed by atoms with Gasteiger partial charge in [0.15, 0.2) is 0 Å². The molecule has 6 heteroatoms. The molecule has 0 bridgehead atoms. The highest BCUT2D eigenvalue weighted by molar-refractivity contribution is 7.89. The maximum absolute atomic E-state index is 12.1. The van der Waals surface area contributed by atoms with E-state index >= 15 is 0 Å². The van der Waals surface area contributed by atoms with Crippen molar-refractivity contribution >= 4 is 10.0 Å². The second-order valence-corrected chi connectivity index (χ2v) is 5.94. The van der Waals surface area contributed by atoms with E-state index < -0.39 is 10.0 Å². The third kappa shape index (κ3) is 2.53. The molecule has 0 spiro atoms. The Morgan fingerprint density at radius 3 is 2.67 bits per heavy atom. The number of benzene rings is 1. The Kier molecular flexibility index (Phi) is 3.66. The molecule has 1 fully saturated rings. The molecule has 0 atom stereocenters. The van der Waals surface area contributed by atoms with Gasteiger partial charge in [0.05, 0.1) is 16.6 Å². The summed E-state index contributed by atoms with van der Waals surface area (Å²) in [5.74, 6) is 0. The van der Waals surface area contributed by atoms with Crippen LogP contribution >= 0.6 is 0 Å². The number of nitrogens with one attached hydrogen (secondary N) is 1. The minimum absolute atomic E-state index is 0.0355. The molecular formula is C12H14N2O3S. The van der Waals surface area contributed by atoms with Crippen LogP contribution in [0.3, 0.4) is 0 Å². The SMILES string of the molecule is COC1CC(NS(=O)(=O)c2ccccc2C#N)C1. The first-order chi connectivity index (χ1) is 8.56. The minimum atomic E-state index is -3.62. The van der Waals surface area contributed by atoms with Crippen LogP contribution in [0.5, 0.6) is 0 Å². The molecule has 0 aliphatic heterocycles. The van der Waals surface area contributed by atoms with Gasteiger partial charge in [-0.25, -0.2) is 13.1 Å². The topological polar surface area (TPSA) is 79.2 Å². The first-order valence-electron chi connectivity index (χ1n) is 5.61. The van der Waals surface area contributed by atoms with E-state index in [2.05, 4.69) is 4.72 Å². The van der Waals surface area contributed by atoms with Crippen molar-refractivity contribution in [2.24, 2.45) is 0 Å². The van der Waals surface area contributed by atoms with Crippen molar-refractivity contribution in [3.8, 4) is 6.07 Å². The van der Waals surface area contributed by atoms with Crippen molar-refractivity contribution in [3.63, 3.8) is 0 Å². The highest BCUT2D eigenvalue weighted by atomic mass is 32.2. The fraction of sp³-hybridized carbons (Fsp3) is 0.417. The molecule has 0 radical (unpaired) electrons. The summed E-state index contributed by atoms with van der Waals surface area (Å²) in [4.78, 5) is 0.0355. The van der Waals surface area contributed by atoms with E-state index in [0.717, 1.165) is 0 Å². The molecule has 1 aliphatic rings. The summed E-state index contributed by atoms with van der Waals surface area (Å²) in [6, 6.07) is 7.96. The number of sulfonamides is 1. The predicted octanol–water partition coefficient (Wildman–Crippen LogP) is 1.01. The van der Waals surface area contributed by atoms with Crippen LogP contribution in [0, 0.1) is 11.3 Å². The van der Waals surface area contributed by atoms with Gasteiger partial charge in [-0.15, -0.1) is 0 Å². The number of methoxy groups -OCH3 is 1. The summed E-state index contributed by atoms with van der Waals surface area (Å²) in [7, 11) is -2.01. The molecule has 2 rings (SSSR count). The first kappa shape index (κ1) is 13.0. The molecule has 5 nitrogen and oxygen atoms in total. The average Bonchev–Trinajstić information content (AvgIpc) is 2.33. The lowest BCUT2D eigenvalue weighted by atomic mass is 9.90. The standard InChI is InChI=1S/C12H14N2O3S/c1-17-11-6-10(7-11)14-18(15,16)12-5-3-2-4-9(12)8-13/h2-5,10-11,14H,6-7H2,1H3. The van der Waals surface area contributed by atoms with E-state index in [1.54, 1.807) is 19.2 Å². The summed E-state index contributed by atoms with van der Waals surface area (Å²) >= 11 is 0. The van der Waals surface area contributed by atoms with E-state index in [9.17, 15) is 8.42 Å². The van der Waals surface area contributed by atoms with Crippen molar-refractivity contribution in [2.45, 2.75) is 29.9 Å². The molecule has 0 saturated heterocycles. The zero-order chi connectivity index (χ0) is 13.2. The fourth-order valence-corrected chi connectivity index (χ4v) is 3.35. The van der Waals surface area contributed by atoms with Gasteiger partial charge in [-0.1, -0.05) is 12.1 Å². The van der Waals surface area contributed by atoms with Crippen molar-refractivity contribution in [1.29, 1.82) is 5.26 Å². The van der Waals surface area contributed by atoms with Crippen LogP contribution in [0.4, 0.5) is 0 Å². The lowest BCUT2D eigenvalue weighted by molar-refractivity contribution is 0.0236. The Labute approximate surface area is 106 Å². The van der Waals surface area contributed by atoms with Gasteiger partial charge in [0.2, 0.25) is 10.0 Å². The zero-order valence-corrected chi connectivity index (χ0v) is 10.8. The Hall–Kier alpha value is -1.42. The Balaban J connectivity index is 2.15. The summed E-state index contributed by atoms with van der Waals surface area (Å²) in [6.45, 7) is 0. The lowest BCUT2D eigenvalue weighted by Crippen LogP contribution is -2.47. The largest absolute Gasteiger partial charge is 0.381 e. The van der Waals surface area contributed by atoms with E-state index in [1.807, 2.05) is 6.07 Å². The van der Waals surface area contributed by atoms with Crippen LogP contribution in [0.25, 0.3) is 0 Å². The van der Waals surface area contributed by atoms with Gasteiger partial charge in [0.1, 0.15) is 6.07 Å². The van der Waals surface area contributed by atoms with E-state index in [1.165, 1.54) is 12.1 Å². The highest BCUT2D eigenvalue weighted by Gasteiger charge is 2.33. The van der Waals surface area contributed by atoms with E-state index in [4.69, 9.17) is 10.00 Å². The third-order valence-corrected chi connectivity index (χ3v) is 4.63. The molecule has 0 unspecified atom stereocenters. The number of hydrogen-bond acceptors (Lipinski definition) is 4. The summed E-state index contributed by atoms with van der Waals surface area (Å²) in [6.07, 6.45) is 1.47. The van der Waals surface area contributed by atoms with Gasteiger partial charge in [0.25, 0.3) is 0 Å². The van der Waals surface area contributed by atoms with Crippen LogP contribution in [-0.4, -0.2) is 27.7 Å². The Morgan fingerprint density at radius 1 is 1.39 bits per heavy atom. The van der Waals surface area contributed by atoms with Crippen LogP contribution < -0.4 is 4.72 Å². The number of hydrogen-bond donors (Lipinski definition) is 1. The van der Waals surface area contributed by atoms with Gasteiger partial charge in [-0.05, 0) is 25.0 Å². The maximum Gasteiger partial charge on any atom is 0.242 e. The molecule has 1 aromatic rings. The van der Waals surface area contributed by atoms with E-state index in [0.29, 0.717) is 12.8 Å². The molecule has 1 saturated carbocycles. The summed E-state index contributed by atoms with van der Waals surface area (Å²) in [5.41, 5.74) is 0.160. The van der Waals surface area contributed by atoms with Gasteiger partial charge in [0, 0.05) is 13.2 Å². The summed E-state index contributed by atoms with van der Waals surface area (Å²) in [5, 5.41) is 8.90. The lowest BCUT2D eigenvalue weighted by Gasteiger charge is -2.34. The zero-order valence-electron chi connectivity index (χ0n) is 9.96. The fourth-order valence-electron chi connectivity index (χ4n) is 1.93. The third-order valence-electron chi connectivity index (χ3n) is 3.05. The molecule has 0 aromatic heterocycles. The first-order valence-corrected chi connectivity index (χ1v) is 7.09. The normalized spacial score (nSPS) is 23.1. The molecule has 96 valence electrons. The van der Waals surface area contributed by atoms with E-state index in [-0.39, 0.29) is 22.6 Å². The Bertz CT molecular complexity index is 571. The van der Waals surface area contributed by atoms with Crippen LogP contribution in [0.1, 0.15) is 18.4 Å². The highest BCUT2D eigenvalue weighted by Crippen LogP contribution is 2.25. The number of nitriles is 1.